The van der Waals surface area contributed by atoms with E-state index in [9.17, 15) is 13.2 Å². The first-order valence-electron chi connectivity index (χ1n) is 7.10. The quantitative estimate of drug-likeness (QED) is 0.666. The number of aryl methyl sites for hydroxylation is 1. The molecular formula is C15H25F3OSi2. The summed E-state index contributed by atoms with van der Waals surface area (Å²) in [5, 5.41) is 0.132. The summed E-state index contributed by atoms with van der Waals surface area (Å²) in [6.07, 6.45) is -4.26. The highest BCUT2D eigenvalue weighted by atomic mass is 28.4. The van der Waals surface area contributed by atoms with Crippen molar-refractivity contribution in [3.63, 3.8) is 0 Å². The van der Waals surface area contributed by atoms with Crippen LogP contribution in [0.4, 0.5) is 13.2 Å². The fourth-order valence-corrected chi connectivity index (χ4v) is 14.6. The lowest BCUT2D eigenvalue weighted by atomic mass is 10.2. The molecule has 0 saturated heterocycles. The summed E-state index contributed by atoms with van der Waals surface area (Å²) in [6, 6.07) is 8.11. The van der Waals surface area contributed by atoms with Gasteiger partial charge in [-0.1, -0.05) is 49.5 Å². The molecule has 1 aromatic rings. The Balaban J connectivity index is 3.14. The molecule has 1 atom stereocenters. The third kappa shape index (κ3) is 5.60. The van der Waals surface area contributed by atoms with Crippen molar-refractivity contribution in [2.75, 3.05) is 6.61 Å². The SMILES string of the molecule is Cc1cccc(C([Si](C)(C)C)[Si](C)(C)OCC(F)(F)F)c1. The van der Waals surface area contributed by atoms with Crippen LogP contribution >= 0.6 is 0 Å². The number of halogens is 3. The summed E-state index contributed by atoms with van der Waals surface area (Å²) in [5.74, 6) is 0. The molecule has 0 N–H and O–H groups in total. The van der Waals surface area contributed by atoms with Gasteiger partial charge in [0.2, 0.25) is 0 Å². The number of alkyl halides is 3. The van der Waals surface area contributed by atoms with Crippen LogP contribution in [-0.2, 0) is 4.43 Å². The molecule has 0 amide bonds. The van der Waals surface area contributed by atoms with E-state index < -0.39 is 29.2 Å². The Morgan fingerprint density at radius 1 is 1.10 bits per heavy atom. The minimum atomic E-state index is -4.26. The number of benzene rings is 1. The summed E-state index contributed by atoms with van der Waals surface area (Å²) in [5.41, 5.74) is 2.27. The molecule has 0 fully saturated rings. The van der Waals surface area contributed by atoms with Crippen LogP contribution in [0, 0.1) is 6.92 Å². The highest BCUT2D eigenvalue weighted by molar-refractivity contribution is 6.94. The largest absolute Gasteiger partial charge is 0.410 e. The van der Waals surface area contributed by atoms with Gasteiger partial charge in [-0.2, -0.15) is 13.2 Å². The molecule has 0 heterocycles. The zero-order chi connectivity index (χ0) is 16.5. The third-order valence-electron chi connectivity index (χ3n) is 3.54. The van der Waals surface area contributed by atoms with Crippen LogP contribution in [0.2, 0.25) is 32.7 Å². The minimum absolute atomic E-state index is 0.132. The molecule has 6 heteroatoms. The van der Waals surface area contributed by atoms with Gasteiger partial charge in [-0.15, -0.1) is 0 Å². The van der Waals surface area contributed by atoms with E-state index in [4.69, 9.17) is 4.43 Å². The van der Waals surface area contributed by atoms with Gasteiger partial charge in [0, 0.05) is 0 Å². The molecule has 0 aromatic heterocycles. The van der Waals surface area contributed by atoms with Crippen molar-refractivity contribution >= 4 is 16.4 Å². The van der Waals surface area contributed by atoms with Gasteiger partial charge in [0.15, 0.2) is 8.32 Å². The maximum atomic E-state index is 12.5. The highest BCUT2D eigenvalue weighted by Crippen LogP contribution is 2.37. The molecule has 0 aliphatic rings. The Morgan fingerprint density at radius 2 is 1.67 bits per heavy atom. The van der Waals surface area contributed by atoms with Crippen molar-refractivity contribution in [1.82, 2.24) is 0 Å². The second-order valence-corrected chi connectivity index (χ2v) is 17.2. The second kappa shape index (κ2) is 6.26. The second-order valence-electron chi connectivity index (χ2n) is 7.22. The first kappa shape index (κ1) is 18.5. The molecule has 1 aromatic carbocycles. The molecule has 1 nitrogen and oxygen atoms in total. The zero-order valence-corrected chi connectivity index (χ0v) is 15.6. The standard InChI is InChI=1S/C15H25F3OSi2/c1-12-8-7-9-13(10-12)14(20(2,3)4)21(5,6)19-11-15(16,17)18/h7-10,14H,11H2,1-6H3. The number of hydrogen-bond acceptors (Lipinski definition) is 1. The topological polar surface area (TPSA) is 9.23 Å². The van der Waals surface area contributed by atoms with Crippen molar-refractivity contribution in [2.24, 2.45) is 0 Å². The zero-order valence-electron chi connectivity index (χ0n) is 13.6. The van der Waals surface area contributed by atoms with Gasteiger partial charge in [0.25, 0.3) is 0 Å². The van der Waals surface area contributed by atoms with Gasteiger partial charge in [-0.25, -0.2) is 0 Å². The fraction of sp³-hybridized carbons (Fsp3) is 0.600. The molecule has 0 aliphatic carbocycles. The predicted octanol–water partition coefficient (Wildman–Crippen LogP) is 5.28. The maximum absolute atomic E-state index is 12.5. The third-order valence-corrected chi connectivity index (χ3v) is 12.9. The van der Waals surface area contributed by atoms with Crippen molar-refractivity contribution in [1.29, 1.82) is 0 Å². The molecule has 0 saturated carbocycles. The Labute approximate surface area is 127 Å². The normalized spacial score (nSPS) is 15.1. The lowest BCUT2D eigenvalue weighted by molar-refractivity contribution is -0.155. The van der Waals surface area contributed by atoms with E-state index >= 15 is 0 Å². The smallest absolute Gasteiger partial charge is 0.408 e. The Hall–Kier alpha value is -0.596. The van der Waals surface area contributed by atoms with Crippen LogP contribution in [0.3, 0.4) is 0 Å². The van der Waals surface area contributed by atoms with Gasteiger partial charge < -0.3 is 4.43 Å². The molecule has 1 unspecified atom stereocenters. The van der Waals surface area contributed by atoms with E-state index in [1.807, 2.05) is 38.2 Å². The Morgan fingerprint density at radius 3 is 2.10 bits per heavy atom. The predicted molar refractivity (Wildman–Crippen MR) is 86.8 cm³/mol. The first-order chi connectivity index (χ1) is 9.33. The van der Waals surface area contributed by atoms with E-state index in [0.29, 0.717) is 0 Å². The van der Waals surface area contributed by atoms with Gasteiger partial charge >= 0.3 is 6.18 Å². The summed E-state index contributed by atoms with van der Waals surface area (Å²) in [7, 11) is -4.21. The number of rotatable bonds is 5. The molecule has 0 spiro atoms. The summed E-state index contributed by atoms with van der Waals surface area (Å²) in [4.78, 5) is 0. The van der Waals surface area contributed by atoms with Crippen LogP contribution in [0.25, 0.3) is 0 Å². The Bertz CT molecular complexity index is 479. The van der Waals surface area contributed by atoms with Gasteiger partial charge in [0.05, 0.1) is 8.07 Å². The van der Waals surface area contributed by atoms with Crippen molar-refractivity contribution < 1.29 is 17.6 Å². The van der Waals surface area contributed by atoms with E-state index in [1.54, 1.807) is 0 Å². The average molecular weight is 335 g/mol. The minimum Gasteiger partial charge on any atom is -0.408 e. The average Bonchev–Trinajstić information content (AvgIpc) is 2.23. The lowest BCUT2D eigenvalue weighted by Crippen LogP contribution is -2.51. The van der Waals surface area contributed by atoms with E-state index in [1.165, 1.54) is 0 Å². The lowest BCUT2D eigenvalue weighted by Gasteiger charge is -2.40. The van der Waals surface area contributed by atoms with Crippen LogP contribution in [0.15, 0.2) is 24.3 Å². The van der Waals surface area contributed by atoms with Gasteiger partial charge in [0.1, 0.15) is 6.61 Å². The molecular weight excluding hydrogens is 309 g/mol. The van der Waals surface area contributed by atoms with Crippen molar-refractivity contribution in [3.05, 3.63) is 35.4 Å². The van der Waals surface area contributed by atoms with Gasteiger partial charge in [-0.3, -0.25) is 0 Å². The van der Waals surface area contributed by atoms with Crippen molar-refractivity contribution in [2.45, 2.75) is 51.0 Å². The molecule has 0 bridgehead atoms. The molecule has 0 aliphatic heterocycles. The van der Waals surface area contributed by atoms with E-state index in [-0.39, 0.29) is 5.16 Å². The molecule has 120 valence electrons. The summed E-state index contributed by atoms with van der Waals surface area (Å²) < 4.78 is 43.0. The summed E-state index contributed by atoms with van der Waals surface area (Å²) >= 11 is 0. The van der Waals surface area contributed by atoms with Crippen molar-refractivity contribution in [3.8, 4) is 0 Å². The fourth-order valence-electron chi connectivity index (χ4n) is 3.15. The van der Waals surface area contributed by atoms with E-state index in [0.717, 1.165) is 11.1 Å². The van der Waals surface area contributed by atoms with Gasteiger partial charge in [-0.05, 0) is 30.7 Å². The molecule has 0 radical (unpaired) electrons. The van der Waals surface area contributed by atoms with Crippen LogP contribution in [0.1, 0.15) is 16.3 Å². The molecule has 21 heavy (non-hydrogen) atoms. The maximum Gasteiger partial charge on any atom is 0.410 e. The monoisotopic (exact) mass is 334 g/mol. The number of hydrogen-bond donors (Lipinski definition) is 0. The van der Waals surface area contributed by atoms with Crippen LogP contribution in [-0.4, -0.2) is 29.2 Å². The first-order valence-corrected chi connectivity index (χ1v) is 13.7. The molecule has 1 rings (SSSR count). The van der Waals surface area contributed by atoms with Crippen LogP contribution < -0.4 is 0 Å². The van der Waals surface area contributed by atoms with E-state index in [2.05, 4.69) is 25.7 Å². The highest BCUT2D eigenvalue weighted by Gasteiger charge is 2.45. The van der Waals surface area contributed by atoms with Crippen LogP contribution in [0.5, 0.6) is 0 Å². The summed E-state index contributed by atoms with van der Waals surface area (Å²) in [6.45, 7) is 11.3. The Kier molecular flexibility index (Phi) is 5.50.